The summed E-state index contributed by atoms with van der Waals surface area (Å²) in [6.07, 6.45) is 1.50. The first kappa shape index (κ1) is 22.1. The number of nitrogens with one attached hydrogen (secondary N) is 1. The van der Waals surface area contributed by atoms with Crippen LogP contribution >= 0.6 is 0 Å². The van der Waals surface area contributed by atoms with Crippen molar-refractivity contribution in [2.45, 2.75) is 13.5 Å². The lowest BCUT2D eigenvalue weighted by molar-refractivity contribution is 0.0950. The van der Waals surface area contributed by atoms with Crippen molar-refractivity contribution >= 4 is 16.7 Å². The second kappa shape index (κ2) is 9.99. The number of carbonyl (C=O) groups excluding carboxylic acids is 1. The molecule has 1 heterocycles. The van der Waals surface area contributed by atoms with Crippen molar-refractivity contribution in [2.24, 2.45) is 0 Å². The molecule has 7 nitrogen and oxygen atoms in total. The normalized spacial score (nSPS) is 10.7. The van der Waals surface area contributed by atoms with Gasteiger partial charge in [0.1, 0.15) is 11.5 Å². The van der Waals surface area contributed by atoms with Crippen LogP contribution in [0.5, 0.6) is 11.5 Å². The summed E-state index contributed by atoms with van der Waals surface area (Å²) in [5.74, 6) is 1.03. The molecule has 168 valence electrons. The van der Waals surface area contributed by atoms with Gasteiger partial charge in [0.25, 0.3) is 11.5 Å². The first-order chi connectivity index (χ1) is 16.1. The molecule has 0 atom stereocenters. The number of benzene rings is 3. The lowest BCUT2D eigenvalue weighted by Crippen LogP contribution is -2.31. The van der Waals surface area contributed by atoms with Crippen LogP contribution in [0.3, 0.4) is 0 Å². The highest BCUT2D eigenvalue weighted by Crippen LogP contribution is 2.28. The van der Waals surface area contributed by atoms with Crippen molar-refractivity contribution in [1.29, 1.82) is 0 Å². The van der Waals surface area contributed by atoms with E-state index in [1.165, 1.54) is 17.0 Å². The van der Waals surface area contributed by atoms with E-state index in [0.717, 1.165) is 22.1 Å². The van der Waals surface area contributed by atoms with Gasteiger partial charge in [-0.2, -0.15) is 0 Å². The molecule has 0 unspecified atom stereocenters. The average Bonchev–Trinajstić information content (AvgIpc) is 2.85. The number of nitrogens with zero attached hydrogens (tertiary/aromatic N) is 2. The zero-order valence-corrected chi connectivity index (χ0v) is 18.6. The first-order valence-electron chi connectivity index (χ1n) is 10.7. The molecule has 0 bridgehead atoms. The van der Waals surface area contributed by atoms with E-state index in [2.05, 4.69) is 10.3 Å². The molecule has 0 fully saturated rings. The highest BCUT2D eigenvalue weighted by molar-refractivity contribution is 6.09. The molecule has 0 aliphatic rings. The Morgan fingerprint density at radius 1 is 1.06 bits per heavy atom. The van der Waals surface area contributed by atoms with Crippen molar-refractivity contribution in [3.8, 4) is 22.8 Å². The van der Waals surface area contributed by atoms with E-state index in [-0.39, 0.29) is 18.0 Å². The number of hydrogen-bond acceptors (Lipinski definition) is 5. The molecule has 4 aromatic rings. The first-order valence-corrected chi connectivity index (χ1v) is 10.7. The Bertz CT molecular complexity index is 1330. The van der Waals surface area contributed by atoms with Gasteiger partial charge in [0.2, 0.25) is 0 Å². The van der Waals surface area contributed by atoms with Crippen molar-refractivity contribution in [3.05, 3.63) is 89.0 Å². The zero-order chi connectivity index (χ0) is 23.2. The predicted octanol–water partition coefficient (Wildman–Crippen LogP) is 3.90. The fourth-order valence-electron chi connectivity index (χ4n) is 3.65. The summed E-state index contributed by atoms with van der Waals surface area (Å²) in [5.41, 5.74) is 1.72. The molecule has 0 aliphatic carbocycles. The SMILES string of the molecule is CCOc1ccc2ccccc2c1C(=O)NCCn1cnc(-c2ccc(OC)cc2)cc1=O. The largest absolute Gasteiger partial charge is 0.497 e. The summed E-state index contributed by atoms with van der Waals surface area (Å²) in [5, 5.41) is 4.69. The van der Waals surface area contributed by atoms with Crippen LogP contribution in [0.4, 0.5) is 0 Å². The summed E-state index contributed by atoms with van der Waals surface area (Å²) < 4.78 is 12.3. The number of aromatic nitrogens is 2. The Morgan fingerprint density at radius 2 is 1.85 bits per heavy atom. The summed E-state index contributed by atoms with van der Waals surface area (Å²) in [6.45, 7) is 2.92. The highest BCUT2D eigenvalue weighted by atomic mass is 16.5. The molecule has 1 aromatic heterocycles. The second-order valence-electron chi connectivity index (χ2n) is 7.38. The van der Waals surface area contributed by atoms with E-state index < -0.39 is 0 Å². The monoisotopic (exact) mass is 443 g/mol. The van der Waals surface area contributed by atoms with Gasteiger partial charge < -0.3 is 14.8 Å². The molecule has 0 saturated carbocycles. The van der Waals surface area contributed by atoms with E-state index in [0.29, 0.717) is 30.2 Å². The molecule has 3 aromatic carbocycles. The van der Waals surface area contributed by atoms with Crippen LogP contribution < -0.4 is 20.3 Å². The van der Waals surface area contributed by atoms with Gasteiger partial charge in [-0.25, -0.2) is 4.98 Å². The summed E-state index contributed by atoms with van der Waals surface area (Å²) in [7, 11) is 1.60. The van der Waals surface area contributed by atoms with Gasteiger partial charge in [0.05, 0.1) is 31.3 Å². The minimum absolute atomic E-state index is 0.190. The van der Waals surface area contributed by atoms with Gasteiger partial charge in [-0.1, -0.05) is 30.3 Å². The van der Waals surface area contributed by atoms with Crippen molar-refractivity contribution < 1.29 is 14.3 Å². The number of ether oxygens (including phenoxy) is 2. The van der Waals surface area contributed by atoms with Crippen LogP contribution in [0.1, 0.15) is 17.3 Å². The van der Waals surface area contributed by atoms with Gasteiger partial charge in [0, 0.05) is 24.7 Å². The van der Waals surface area contributed by atoms with Crippen LogP contribution in [0.25, 0.3) is 22.0 Å². The van der Waals surface area contributed by atoms with Crippen LogP contribution in [0.2, 0.25) is 0 Å². The number of fused-ring (bicyclic) bond motifs is 1. The third kappa shape index (κ3) is 4.87. The number of amides is 1. The lowest BCUT2D eigenvalue weighted by atomic mass is 10.0. The number of rotatable bonds is 8. The molecule has 0 radical (unpaired) electrons. The molecule has 0 aliphatic heterocycles. The Morgan fingerprint density at radius 3 is 2.58 bits per heavy atom. The van der Waals surface area contributed by atoms with Crippen LogP contribution in [0.15, 0.2) is 77.9 Å². The van der Waals surface area contributed by atoms with Gasteiger partial charge >= 0.3 is 0 Å². The van der Waals surface area contributed by atoms with Gasteiger partial charge in [0.15, 0.2) is 0 Å². The van der Waals surface area contributed by atoms with Crippen molar-refractivity contribution in [2.75, 3.05) is 20.3 Å². The molecule has 7 heteroatoms. The maximum Gasteiger partial charge on any atom is 0.255 e. The van der Waals surface area contributed by atoms with Crippen molar-refractivity contribution in [3.63, 3.8) is 0 Å². The number of methoxy groups -OCH3 is 1. The van der Waals surface area contributed by atoms with E-state index in [4.69, 9.17) is 9.47 Å². The van der Waals surface area contributed by atoms with E-state index in [9.17, 15) is 9.59 Å². The fraction of sp³-hybridized carbons (Fsp3) is 0.192. The summed E-state index contributed by atoms with van der Waals surface area (Å²) in [4.78, 5) is 30.0. The van der Waals surface area contributed by atoms with E-state index in [1.807, 2.05) is 67.6 Å². The maximum absolute atomic E-state index is 13.0. The van der Waals surface area contributed by atoms with Gasteiger partial charge in [-0.3, -0.25) is 14.2 Å². The zero-order valence-electron chi connectivity index (χ0n) is 18.6. The quantitative estimate of drug-likeness (QED) is 0.447. The summed E-state index contributed by atoms with van der Waals surface area (Å²) >= 11 is 0. The lowest BCUT2D eigenvalue weighted by Gasteiger charge is -2.14. The third-order valence-corrected chi connectivity index (χ3v) is 5.32. The summed E-state index contributed by atoms with van der Waals surface area (Å²) in [6, 6.07) is 20.3. The molecule has 4 rings (SSSR count). The minimum Gasteiger partial charge on any atom is -0.497 e. The van der Waals surface area contributed by atoms with E-state index in [1.54, 1.807) is 7.11 Å². The Hall–Kier alpha value is -4.13. The molecule has 1 amide bonds. The van der Waals surface area contributed by atoms with Gasteiger partial charge in [-0.05, 0) is 48.0 Å². The second-order valence-corrected chi connectivity index (χ2v) is 7.38. The van der Waals surface area contributed by atoms with Crippen LogP contribution in [0, 0.1) is 0 Å². The molecule has 0 spiro atoms. The number of carbonyl (C=O) groups is 1. The molecular weight excluding hydrogens is 418 g/mol. The average molecular weight is 444 g/mol. The highest BCUT2D eigenvalue weighted by Gasteiger charge is 2.16. The topological polar surface area (TPSA) is 82.4 Å². The molecule has 0 saturated heterocycles. The van der Waals surface area contributed by atoms with Crippen LogP contribution in [-0.2, 0) is 6.54 Å². The minimum atomic E-state index is -0.244. The smallest absolute Gasteiger partial charge is 0.255 e. The standard InChI is InChI=1S/C26H25N3O4/c1-3-33-23-13-10-18-6-4-5-7-21(18)25(23)26(31)27-14-15-29-17-28-22(16-24(29)30)19-8-11-20(32-2)12-9-19/h4-13,16-17H,3,14-15H2,1-2H3,(H,27,31). The molecular formula is C26H25N3O4. The number of hydrogen-bond donors (Lipinski definition) is 1. The molecule has 1 N–H and O–H groups in total. The third-order valence-electron chi connectivity index (χ3n) is 5.32. The van der Waals surface area contributed by atoms with Crippen LogP contribution in [-0.4, -0.2) is 35.7 Å². The van der Waals surface area contributed by atoms with Crippen molar-refractivity contribution in [1.82, 2.24) is 14.9 Å². The fourth-order valence-corrected chi connectivity index (χ4v) is 3.65. The Kier molecular flexibility index (Phi) is 6.69. The Balaban J connectivity index is 1.47. The molecule has 33 heavy (non-hydrogen) atoms. The van der Waals surface area contributed by atoms with E-state index >= 15 is 0 Å². The van der Waals surface area contributed by atoms with Gasteiger partial charge in [-0.15, -0.1) is 0 Å². The Labute approximate surface area is 191 Å². The predicted molar refractivity (Wildman–Crippen MR) is 128 cm³/mol. The maximum atomic E-state index is 13.0.